The largest absolute Gasteiger partial charge is 0.573 e. The minimum Gasteiger partial charge on any atom is -0.405 e. The molecule has 0 rings (SSSR count). The lowest BCUT2D eigenvalue weighted by atomic mass is 10.6. The first-order chi connectivity index (χ1) is 4.95. The Balaban J connectivity index is 3.80. The fraction of sp³-hybridized carbons (Fsp3) is 0.500. The Hall–Kier alpha value is -1.00. The highest BCUT2D eigenvalue weighted by molar-refractivity contribution is 5.74. The summed E-state index contributed by atoms with van der Waals surface area (Å²) in [5.74, 6) is -0.501. The van der Waals surface area contributed by atoms with E-state index in [0.29, 0.717) is 6.54 Å². The number of ether oxygens (including phenoxy) is 1. The molecule has 0 unspecified atom stereocenters. The van der Waals surface area contributed by atoms with Crippen LogP contribution in [0.15, 0.2) is 17.3 Å². The Kier molecular flexibility index (Phi) is 3.64. The monoisotopic (exact) mass is 167 g/mol. The summed E-state index contributed by atoms with van der Waals surface area (Å²) in [6, 6.07) is 0. The van der Waals surface area contributed by atoms with Crippen molar-refractivity contribution in [3.8, 4) is 0 Å². The number of nitrogens with zero attached hydrogens (tertiary/aromatic N) is 1. The van der Waals surface area contributed by atoms with Gasteiger partial charge >= 0.3 is 6.36 Å². The van der Waals surface area contributed by atoms with Gasteiger partial charge in [0, 0.05) is 6.54 Å². The molecule has 0 aliphatic carbocycles. The van der Waals surface area contributed by atoms with E-state index in [1.54, 1.807) is 6.92 Å². The second-order valence-electron chi connectivity index (χ2n) is 1.64. The van der Waals surface area contributed by atoms with Crippen molar-refractivity contribution < 1.29 is 17.9 Å². The third-order valence-corrected chi connectivity index (χ3v) is 0.665. The zero-order valence-electron chi connectivity index (χ0n) is 5.98. The topological polar surface area (TPSA) is 21.6 Å². The van der Waals surface area contributed by atoms with Crippen LogP contribution in [0.2, 0.25) is 0 Å². The molecule has 64 valence electrons. The molecular weight excluding hydrogens is 159 g/mol. The standard InChI is InChI=1S/C6H8F3NO/c1-3-10-4-5(2)11-6(7,8)9/h4H,2-3H2,1H3. The lowest BCUT2D eigenvalue weighted by Gasteiger charge is -2.06. The molecule has 2 nitrogen and oxygen atoms in total. The normalized spacial score (nSPS) is 12.0. The third-order valence-electron chi connectivity index (χ3n) is 0.665. The molecule has 0 heterocycles. The Morgan fingerprint density at radius 3 is 2.55 bits per heavy atom. The molecule has 0 aromatic carbocycles. The number of alkyl halides is 3. The van der Waals surface area contributed by atoms with Crippen molar-refractivity contribution in [2.45, 2.75) is 13.3 Å². The van der Waals surface area contributed by atoms with E-state index < -0.39 is 12.1 Å². The molecule has 0 saturated carbocycles. The summed E-state index contributed by atoms with van der Waals surface area (Å²) in [7, 11) is 0. The molecule has 0 radical (unpaired) electrons. The molecular formula is C6H8F3NO. The van der Waals surface area contributed by atoms with Crippen LogP contribution in [0.5, 0.6) is 0 Å². The zero-order chi connectivity index (χ0) is 8.91. The SMILES string of the molecule is C=C(C=NCC)OC(F)(F)F. The van der Waals surface area contributed by atoms with Crippen molar-refractivity contribution in [3.63, 3.8) is 0 Å². The molecule has 0 aromatic rings. The highest BCUT2D eigenvalue weighted by atomic mass is 19.4. The van der Waals surface area contributed by atoms with Crippen molar-refractivity contribution in [2.75, 3.05) is 6.54 Å². The van der Waals surface area contributed by atoms with E-state index in [1.165, 1.54) is 0 Å². The zero-order valence-corrected chi connectivity index (χ0v) is 5.98. The average Bonchev–Trinajstić information content (AvgIpc) is 1.79. The molecule has 0 amide bonds. The van der Waals surface area contributed by atoms with Gasteiger partial charge in [0.15, 0.2) is 0 Å². The quantitative estimate of drug-likeness (QED) is 0.466. The van der Waals surface area contributed by atoms with Gasteiger partial charge in [-0.2, -0.15) is 0 Å². The number of rotatable bonds is 3. The lowest BCUT2D eigenvalue weighted by molar-refractivity contribution is -0.301. The highest BCUT2D eigenvalue weighted by Gasteiger charge is 2.30. The molecule has 0 aliphatic heterocycles. The first-order valence-electron chi connectivity index (χ1n) is 2.90. The molecule has 0 aliphatic rings. The number of aliphatic imine (C=N–C) groups is 1. The van der Waals surface area contributed by atoms with Crippen LogP contribution in [-0.2, 0) is 4.74 Å². The summed E-state index contributed by atoms with van der Waals surface area (Å²) in [5, 5.41) is 0. The first-order valence-corrected chi connectivity index (χ1v) is 2.90. The molecule has 0 fully saturated rings. The maximum Gasteiger partial charge on any atom is 0.573 e. The second kappa shape index (κ2) is 4.00. The Morgan fingerprint density at radius 1 is 1.64 bits per heavy atom. The summed E-state index contributed by atoms with van der Waals surface area (Å²) >= 11 is 0. The van der Waals surface area contributed by atoms with Crippen LogP contribution in [0.25, 0.3) is 0 Å². The van der Waals surface area contributed by atoms with E-state index in [2.05, 4.69) is 16.3 Å². The Morgan fingerprint density at radius 2 is 2.18 bits per heavy atom. The molecule has 0 spiro atoms. The molecule has 0 saturated heterocycles. The van der Waals surface area contributed by atoms with E-state index in [0.717, 1.165) is 6.21 Å². The predicted octanol–water partition coefficient (Wildman–Crippen LogP) is 2.13. The molecule has 11 heavy (non-hydrogen) atoms. The van der Waals surface area contributed by atoms with E-state index in [9.17, 15) is 13.2 Å². The average molecular weight is 167 g/mol. The van der Waals surface area contributed by atoms with Gasteiger partial charge < -0.3 is 4.74 Å². The third kappa shape index (κ3) is 6.89. The van der Waals surface area contributed by atoms with Gasteiger partial charge in [0.25, 0.3) is 0 Å². The van der Waals surface area contributed by atoms with Crippen LogP contribution in [0, 0.1) is 0 Å². The maximum absolute atomic E-state index is 11.4. The maximum atomic E-state index is 11.4. The molecule has 0 atom stereocenters. The lowest BCUT2D eigenvalue weighted by Crippen LogP contribution is -2.12. The van der Waals surface area contributed by atoms with Gasteiger partial charge in [0.1, 0.15) is 5.76 Å². The van der Waals surface area contributed by atoms with Gasteiger partial charge in [-0.25, -0.2) is 0 Å². The fourth-order valence-electron chi connectivity index (χ4n) is 0.368. The van der Waals surface area contributed by atoms with E-state index in [4.69, 9.17) is 0 Å². The van der Waals surface area contributed by atoms with Crippen molar-refractivity contribution in [2.24, 2.45) is 4.99 Å². The van der Waals surface area contributed by atoms with Gasteiger partial charge in [0.2, 0.25) is 0 Å². The summed E-state index contributed by atoms with van der Waals surface area (Å²) < 4.78 is 37.6. The molecule has 5 heteroatoms. The first kappa shape index (κ1) is 10.0. The van der Waals surface area contributed by atoms with Crippen LogP contribution in [-0.4, -0.2) is 19.1 Å². The minimum absolute atomic E-state index is 0.403. The summed E-state index contributed by atoms with van der Waals surface area (Å²) in [6.07, 6.45) is -3.73. The van der Waals surface area contributed by atoms with E-state index >= 15 is 0 Å². The Labute approximate surface area is 62.4 Å². The molecule has 0 bridgehead atoms. The van der Waals surface area contributed by atoms with Gasteiger partial charge in [-0.15, -0.1) is 13.2 Å². The molecule has 0 N–H and O–H groups in total. The van der Waals surface area contributed by atoms with Gasteiger partial charge in [0.05, 0.1) is 6.21 Å². The van der Waals surface area contributed by atoms with Gasteiger partial charge in [-0.1, -0.05) is 6.58 Å². The van der Waals surface area contributed by atoms with E-state index in [1.807, 2.05) is 0 Å². The summed E-state index contributed by atoms with van der Waals surface area (Å²) in [4.78, 5) is 3.51. The van der Waals surface area contributed by atoms with Gasteiger partial charge in [-0.05, 0) is 6.92 Å². The minimum atomic E-state index is -4.67. The Bertz CT molecular complexity index is 162. The van der Waals surface area contributed by atoms with Gasteiger partial charge in [-0.3, -0.25) is 4.99 Å². The van der Waals surface area contributed by atoms with E-state index in [-0.39, 0.29) is 0 Å². The van der Waals surface area contributed by atoms with Crippen LogP contribution in [0.1, 0.15) is 6.92 Å². The second-order valence-corrected chi connectivity index (χ2v) is 1.64. The number of hydrogen-bond donors (Lipinski definition) is 0. The summed E-state index contributed by atoms with van der Waals surface area (Å²) in [6.45, 7) is 5.08. The van der Waals surface area contributed by atoms with Crippen molar-refractivity contribution in [3.05, 3.63) is 12.3 Å². The number of hydrogen-bond acceptors (Lipinski definition) is 2. The summed E-state index contributed by atoms with van der Waals surface area (Å²) in [5.41, 5.74) is 0. The van der Waals surface area contributed by atoms with Crippen LogP contribution in [0.4, 0.5) is 13.2 Å². The number of halogens is 3. The van der Waals surface area contributed by atoms with Crippen LogP contribution in [0.3, 0.4) is 0 Å². The highest BCUT2D eigenvalue weighted by Crippen LogP contribution is 2.18. The van der Waals surface area contributed by atoms with Crippen molar-refractivity contribution in [1.29, 1.82) is 0 Å². The molecule has 0 aromatic heterocycles. The number of allylic oxidation sites excluding steroid dienone is 1. The van der Waals surface area contributed by atoms with Crippen molar-refractivity contribution in [1.82, 2.24) is 0 Å². The van der Waals surface area contributed by atoms with Crippen molar-refractivity contribution >= 4 is 6.21 Å². The smallest absolute Gasteiger partial charge is 0.405 e. The van der Waals surface area contributed by atoms with Crippen LogP contribution >= 0.6 is 0 Å². The van der Waals surface area contributed by atoms with Crippen LogP contribution < -0.4 is 0 Å². The fourth-order valence-corrected chi connectivity index (χ4v) is 0.368. The predicted molar refractivity (Wildman–Crippen MR) is 35.3 cm³/mol.